The summed E-state index contributed by atoms with van der Waals surface area (Å²) in [7, 11) is 0. The Balaban J connectivity index is 1.41. The van der Waals surface area contributed by atoms with Gasteiger partial charge in [-0.1, -0.05) is 0 Å². The van der Waals surface area contributed by atoms with E-state index in [0.717, 1.165) is 56.9 Å². The van der Waals surface area contributed by atoms with Crippen LogP contribution in [0.3, 0.4) is 0 Å². The van der Waals surface area contributed by atoms with Gasteiger partial charge >= 0.3 is 0 Å². The molecule has 0 amide bonds. The zero-order valence-electron chi connectivity index (χ0n) is 17.5. The molecule has 2 aliphatic rings. The highest BCUT2D eigenvalue weighted by atomic mass is 16.3. The quantitative estimate of drug-likeness (QED) is 0.635. The molecule has 0 N–H and O–H groups in total. The van der Waals surface area contributed by atoms with Crippen molar-refractivity contribution in [1.82, 2.24) is 19.4 Å². The lowest BCUT2D eigenvalue weighted by Crippen LogP contribution is -2.32. The molecule has 0 saturated carbocycles. The molecule has 6 heteroatoms. The van der Waals surface area contributed by atoms with Gasteiger partial charge in [-0.2, -0.15) is 0 Å². The van der Waals surface area contributed by atoms with Crippen molar-refractivity contribution in [2.45, 2.75) is 58.0 Å². The molecule has 154 valence electrons. The SMILES string of the molecule is CC(C)n1cnc2c(N3CCCC3)nc(C3CCN(Cc4ccoc4)CC3)cc21. The summed E-state index contributed by atoms with van der Waals surface area (Å²) in [5.41, 5.74) is 4.83. The first-order valence-electron chi connectivity index (χ1n) is 11.0. The molecule has 0 spiro atoms. The molecular formula is C23H31N5O. The van der Waals surface area contributed by atoms with E-state index in [1.165, 1.54) is 29.6 Å². The van der Waals surface area contributed by atoms with Crippen molar-refractivity contribution in [3.05, 3.63) is 42.2 Å². The molecule has 0 aromatic carbocycles. The number of pyridine rings is 1. The van der Waals surface area contributed by atoms with E-state index in [1.54, 1.807) is 6.26 Å². The maximum absolute atomic E-state index is 5.22. The van der Waals surface area contributed by atoms with Crippen molar-refractivity contribution < 1.29 is 4.42 Å². The Hall–Kier alpha value is -2.34. The molecule has 5 heterocycles. The van der Waals surface area contributed by atoms with Crippen LogP contribution < -0.4 is 4.90 Å². The highest BCUT2D eigenvalue weighted by Gasteiger charge is 2.26. The third kappa shape index (κ3) is 3.66. The topological polar surface area (TPSA) is 50.3 Å². The van der Waals surface area contributed by atoms with Crippen molar-refractivity contribution in [1.29, 1.82) is 0 Å². The van der Waals surface area contributed by atoms with Crippen LogP contribution in [0.1, 0.15) is 62.7 Å². The van der Waals surface area contributed by atoms with Crippen LogP contribution in [0, 0.1) is 0 Å². The normalized spacial score (nSPS) is 19.1. The van der Waals surface area contributed by atoms with Gasteiger partial charge in [0.05, 0.1) is 24.4 Å². The van der Waals surface area contributed by atoms with Crippen LogP contribution in [-0.4, -0.2) is 45.6 Å². The number of rotatable bonds is 5. The number of aromatic nitrogens is 3. The smallest absolute Gasteiger partial charge is 0.157 e. The van der Waals surface area contributed by atoms with E-state index in [0.29, 0.717) is 12.0 Å². The Bertz CT molecular complexity index is 947. The maximum Gasteiger partial charge on any atom is 0.157 e. The first-order chi connectivity index (χ1) is 14.2. The minimum absolute atomic E-state index is 0.401. The minimum Gasteiger partial charge on any atom is -0.472 e. The molecule has 6 nitrogen and oxygen atoms in total. The number of hydrogen-bond donors (Lipinski definition) is 0. The summed E-state index contributed by atoms with van der Waals surface area (Å²) < 4.78 is 7.52. The van der Waals surface area contributed by atoms with Gasteiger partial charge in [0.15, 0.2) is 5.82 Å². The van der Waals surface area contributed by atoms with Gasteiger partial charge < -0.3 is 13.9 Å². The van der Waals surface area contributed by atoms with Gasteiger partial charge in [-0.25, -0.2) is 9.97 Å². The lowest BCUT2D eigenvalue weighted by Gasteiger charge is -2.32. The second-order valence-corrected chi connectivity index (χ2v) is 8.86. The highest BCUT2D eigenvalue weighted by Crippen LogP contribution is 2.34. The zero-order chi connectivity index (χ0) is 19.8. The Labute approximate surface area is 172 Å². The third-order valence-electron chi connectivity index (χ3n) is 6.52. The summed E-state index contributed by atoms with van der Waals surface area (Å²) in [5.74, 6) is 1.63. The van der Waals surface area contributed by atoms with E-state index >= 15 is 0 Å². The molecule has 0 aliphatic carbocycles. The molecule has 5 rings (SSSR count). The molecule has 0 bridgehead atoms. The van der Waals surface area contributed by atoms with E-state index in [9.17, 15) is 0 Å². The van der Waals surface area contributed by atoms with Crippen molar-refractivity contribution in [3.8, 4) is 0 Å². The lowest BCUT2D eigenvalue weighted by molar-refractivity contribution is 0.203. The van der Waals surface area contributed by atoms with E-state index in [-0.39, 0.29) is 0 Å². The molecule has 2 aliphatic heterocycles. The standard InChI is InChI=1S/C23H31N5O/c1-17(2)28-16-24-22-21(28)13-20(25-23(22)27-8-3-4-9-27)19-5-10-26(11-6-19)14-18-7-12-29-15-18/h7,12-13,15-17,19H,3-6,8-11,14H2,1-2H3. The Morgan fingerprint density at radius 1 is 1.14 bits per heavy atom. The number of fused-ring (bicyclic) bond motifs is 1. The van der Waals surface area contributed by atoms with Crippen molar-refractivity contribution in [2.24, 2.45) is 0 Å². The van der Waals surface area contributed by atoms with Crippen molar-refractivity contribution in [2.75, 3.05) is 31.1 Å². The average molecular weight is 394 g/mol. The number of piperidine rings is 1. The van der Waals surface area contributed by atoms with Crippen LogP contribution >= 0.6 is 0 Å². The minimum atomic E-state index is 0.401. The maximum atomic E-state index is 5.22. The van der Waals surface area contributed by atoms with Gasteiger partial charge in [0, 0.05) is 42.9 Å². The summed E-state index contributed by atoms with van der Waals surface area (Å²) in [6.45, 7) is 9.85. The molecule has 2 saturated heterocycles. The number of anilines is 1. The van der Waals surface area contributed by atoms with Crippen LogP contribution in [0.2, 0.25) is 0 Å². The monoisotopic (exact) mass is 393 g/mol. The molecule has 2 fully saturated rings. The Morgan fingerprint density at radius 2 is 1.93 bits per heavy atom. The van der Waals surface area contributed by atoms with Crippen LogP contribution in [0.5, 0.6) is 0 Å². The fraction of sp³-hybridized carbons (Fsp3) is 0.565. The van der Waals surface area contributed by atoms with Crippen LogP contribution in [0.4, 0.5) is 5.82 Å². The van der Waals surface area contributed by atoms with Crippen LogP contribution in [0.15, 0.2) is 35.4 Å². The summed E-state index contributed by atoms with van der Waals surface area (Å²) >= 11 is 0. The van der Waals surface area contributed by atoms with E-state index in [1.807, 2.05) is 12.6 Å². The summed E-state index contributed by atoms with van der Waals surface area (Å²) in [4.78, 5) is 14.9. The first-order valence-corrected chi connectivity index (χ1v) is 11.0. The number of imidazole rings is 1. The Kier molecular flexibility index (Phi) is 5.04. The molecule has 3 aromatic heterocycles. The molecule has 0 unspecified atom stereocenters. The van der Waals surface area contributed by atoms with E-state index in [4.69, 9.17) is 14.4 Å². The fourth-order valence-electron chi connectivity index (χ4n) is 4.83. The lowest BCUT2D eigenvalue weighted by atomic mass is 9.92. The number of nitrogens with zero attached hydrogens (tertiary/aromatic N) is 5. The van der Waals surface area contributed by atoms with Crippen molar-refractivity contribution in [3.63, 3.8) is 0 Å². The predicted molar refractivity (Wildman–Crippen MR) is 115 cm³/mol. The van der Waals surface area contributed by atoms with Gasteiger partial charge in [0.25, 0.3) is 0 Å². The first kappa shape index (κ1) is 18.7. The second kappa shape index (κ2) is 7.82. The van der Waals surface area contributed by atoms with Gasteiger partial charge in [-0.3, -0.25) is 4.90 Å². The van der Waals surface area contributed by atoms with E-state index < -0.39 is 0 Å². The summed E-state index contributed by atoms with van der Waals surface area (Å²) in [6, 6.07) is 4.79. The Morgan fingerprint density at radius 3 is 2.62 bits per heavy atom. The van der Waals surface area contributed by atoms with Crippen molar-refractivity contribution >= 4 is 16.9 Å². The number of likely N-dealkylation sites (tertiary alicyclic amines) is 1. The number of furan rings is 1. The molecule has 29 heavy (non-hydrogen) atoms. The van der Waals surface area contributed by atoms with Crippen LogP contribution in [-0.2, 0) is 6.54 Å². The van der Waals surface area contributed by atoms with Gasteiger partial charge in [-0.15, -0.1) is 0 Å². The largest absolute Gasteiger partial charge is 0.472 e. The van der Waals surface area contributed by atoms with E-state index in [2.05, 4.69) is 40.3 Å². The predicted octanol–water partition coefficient (Wildman–Crippen LogP) is 4.59. The molecule has 3 aromatic rings. The molecule has 0 radical (unpaired) electrons. The zero-order valence-corrected chi connectivity index (χ0v) is 17.5. The van der Waals surface area contributed by atoms with Gasteiger partial charge in [0.1, 0.15) is 5.52 Å². The van der Waals surface area contributed by atoms with Gasteiger partial charge in [0.2, 0.25) is 0 Å². The van der Waals surface area contributed by atoms with Gasteiger partial charge in [-0.05, 0) is 64.8 Å². The second-order valence-electron chi connectivity index (χ2n) is 8.86. The summed E-state index contributed by atoms with van der Waals surface area (Å²) in [5, 5.41) is 0. The fourth-order valence-corrected chi connectivity index (χ4v) is 4.83. The summed E-state index contributed by atoms with van der Waals surface area (Å²) in [6.07, 6.45) is 10.4. The van der Waals surface area contributed by atoms with Crippen LogP contribution in [0.25, 0.3) is 11.0 Å². The average Bonchev–Trinajstić information content (AvgIpc) is 3.49. The number of hydrogen-bond acceptors (Lipinski definition) is 5. The molecule has 0 atom stereocenters. The molecular weight excluding hydrogens is 362 g/mol. The highest BCUT2D eigenvalue weighted by molar-refractivity contribution is 5.87. The third-order valence-corrected chi connectivity index (χ3v) is 6.52.